The van der Waals surface area contributed by atoms with Gasteiger partial charge in [-0.3, -0.25) is 14.5 Å². The fourth-order valence-corrected chi connectivity index (χ4v) is 4.25. The van der Waals surface area contributed by atoms with Crippen LogP contribution in [0.5, 0.6) is 0 Å². The zero-order valence-electron chi connectivity index (χ0n) is 17.6. The second-order valence-corrected chi connectivity index (χ2v) is 8.05. The van der Waals surface area contributed by atoms with E-state index in [0.29, 0.717) is 17.7 Å². The molecule has 6 nitrogen and oxygen atoms in total. The number of aryl methyl sites for hydroxylation is 1. The fourth-order valence-electron chi connectivity index (χ4n) is 4.25. The molecular weight excluding hydrogens is 393 g/mol. The second kappa shape index (κ2) is 7.19. The summed E-state index contributed by atoms with van der Waals surface area (Å²) in [6, 6.07) is 12.9. The molecule has 1 aliphatic rings. The SMILES string of the molecule is CN(C)c1cc(-c2cccc3nn(C)cc23)cc(F)c1CN1Cc2ncccc2C1=O. The van der Waals surface area contributed by atoms with Crippen LogP contribution in [0.1, 0.15) is 21.6 Å². The Kier molecular flexibility index (Phi) is 4.46. The van der Waals surface area contributed by atoms with E-state index in [1.165, 1.54) is 0 Å². The number of nitrogens with zero attached hydrogens (tertiary/aromatic N) is 5. The number of carbonyl (C=O) groups is 1. The predicted octanol–water partition coefficient (Wildman–Crippen LogP) is 4.00. The highest BCUT2D eigenvalue weighted by atomic mass is 19.1. The summed E-state index contributed by atoms with van der Waals surface area (Å²) in [6.45, 7) is 0.573. The van der Waals surface area contributed by atoms with Crippen molar-refractivity contribution in [1.82, 2.24) is 19.7 Å². The molecule has 0 N–H and O–H groups in total. The van der Waals surface area contributed by atoms with E-state index in [1.807, 2.05) is 56.5 Å². The van der Waals surface area contributed by atoms with Crippen LogP contribution >= 0.6 is 0 Å². The van der Waals surface area contributed by atoms with Gasteiger partial charge < -0.3 is 9.80 Å². The summed E-state index contributed by atoms with van der Waals surface area (Å²) >= 11 is 0. The van der Waals surface area contributed by atoms with Gasteiger partial charge in [-0.25, -0.2) is 4.39 Å². The maximum atomic E-state index is 15.5. The van der Waals surface area contributed by atoms with E-state index in [4.69, 9.17) is 0 Å². The van der Waals surface area contributed by atoms with Gasteiger partial charge in [0.05, 0.1) is 29.9 Å². The van der Waals surface area contributed by atoms with Crippen molar-refractivity contribution in [2.45, 2.75) is 13.1 Å². The molecule has 1 amide bonds. The van der Waals surface area contributed by atoms with Gasteiger partial charge in [-0.2, -0.15) is 5.10 Å². The van der Waals surface area contributed by atoms with Crippen LogP contribution in [-0.2, 0) is 20.1 Å². The lowest BCUT2D eigenvalue weighted by Crippen LogP contribution is -2.25. The summed E-state index contributed by atoms with van der Waals surface area (Å²) in [5.74, 6) is -0.449. The first-order valence-electron chi connectivity index (χ1n) is 10.1. The average Bonchev–Trinajstić information content (AvgIpc) is 3.28. The second-order valence-electron chi connectivity index (χ2n) is 8.05. The van der Waals surface area contributed by atoms with Gasteiger partial charge in [0.2, 0.25) is 0 Å². The van der Waals surface area contributed by atoms with Crippen LogP contribution in [0.3, 0.4) is 0 Å². The normalized spacial score (nSPS) is 13.2. The first-order chi connectivity index (χ1) is 14.9. The summed E-state index contributed by atoms with van der Waals surface area (Å²) in [7, 11) is 5.64. The minimum absolute atomic E-state index is 0.114. The molecule has 0 spiro atoms. The van der Waals surface area contributed by atoms with Gasteiger partial charge in [0.25, 0.3) is 5.91 Å². The summed E-state index contributed by atoms with van der Waals surface area (Å²) in [5.41, 5.74) is 5.13. The van der Waals surface area contributed by atoms with Crippen LogP contribution in [0.4, 0.5) is 10.1 Å². The molecule has 7 heteroatoms. The third-order valence-electron chi connectivity index (χ3n) is 5.73. The maximum Gasteiger partial charge on any atom is 0.256 e. The smallest absolute Gasteiger partial charge is 0.256 e. The first kappa shape index (κ1) is 19.2. The molecule has 5 rings (SSSR count). The number of hydrogen-bond acceptors (Lipinski definition) is 4. The summed E-state index contributed by atoms with van der Waals surface area (Å²) in [6.07, 6.45) is 3.62. The molecule has 1 aliphatic heterocycles. The highest BCUT2D eigenvalue weighted by molar-refractivity contribution is 5.98. The van der Waals surface area contributed by atoms with Crippen molar-refractivity contribution in [2.75, 3.05) is 19.0 Å². The van der Waals surface area contributed by atoms with Crippen LogP contribution in [0.15, 0.2) is 54.9 Å². The number of anilines is 1. The van der Waals surface area contributed by atoms with Crippen LogP contribution in [0.2, 0.25) is 0 Å². The molecular formula is C24H22FN5O. The molecule has 0 unspecified atom stereocenters. The van der Waals surface area contributed by atoms with E-state index >= 15 is 4.39 Å². The number of pyridine rings is 1. The molecule has 0 radical (unpaired) electrons. The molecule has 2 aromatic carbocycles. The monoisotopic (exact) mass is 415 g/mol. The number of hydrogen-bond donors (Lipinski definition) is 0. The minimum atomic E-state index is -0.334. The molecule has 2 aromatic heterocycles. The van der Waals surface area contributed by atoms with Gasteiger partial charge in [-0.1, -0.05) is 12.1 Å². The van der Waals surface area contributed by atoms with Crippen molar-refractivity contribution in [3.05, 3.63) is 77.5 Å². The molecule has 156 valence electrons. The molecule has 0 fully saturated rings. The zero-order chi connectivity index (χ0) is 21.7. The van der Waals surface area contributed by atoms with Crippen LogP contribution in [-0.4, -0.2) is 39.7 Å². The van der Waals surface area contributed by atoms with E-state index in [0.717, 1.165) is 33.4 Å². The first-order valence-corrected chi connectivity index (χ1v) is 10.1. The lowest BCUT2D eigenvalue weighted by molar-refractivity contribution is 0.0765. The van der Waals surface area contributed by atoms with Gasteiger partial charge in [0.15, 0.2) is 0 Å². The molecule has 0 saturated heterocycles. The Labute approximate surface area is 179 Å². The van der Waals surface area contributed by atoms with Gasteiger partial charge in [0, 0.05) is 50.2 Å². The Hall–Kier alpha value is -3.74. The van der Waals surface area contributed by atoms with Gasteiger partial charge >= 0.3 is 0 Å². The molecule has 0 atom stereocenters. The van der Waals surface area contributed by atoms with Crippen molar-refractivity contribution in [2.24, 2.45) is 7.05 Å². The van der Waals surface area contributed by atoms with Crippen molar-refractivity contribution in [1.29, 1.82) is 0 Å². The third-order valence-corrected chi connectivity index (χ3v) is 5.73. The van der Waals surface area contributed by atoms with Crippen molar-refractivity contribution in [3.63, 3.8) is 0 Å². The Morgan fingerprint density at radius 2 is 1.94 bits per heavy atom. The lowest BCUT2D eigenvalue weighted by atomic mass is 9.98. The third kappa shape index (κ3) is 3.22. The number of carbonyl (C=O) groups excluding carboxylic acids is 1. The molecule has 0 aliphatic carbocycles. The van der Waals surface area contributed by atoms with E-state index in [1.54, 1.807) is 34.0 Å². The molecule has 3 heterocycles. The average molecular weight is 415 g/mol. The van der Waals surface area contributed by atoms with Crippen molar-refractivity contribution in [3.8, 4) is 11.1 Å². The Balaban J connectivity index is 1.56. The van der Waals surface area contributed by atoms with E-state index in [9.17, 15) is 4.79 Å². The number of rotatable bonds is 4. The topological polar surface area (TPSA) is 54.3 Å². The van der Waals surface area contributed by atoms with Crippen molar-refractivity contribution < 1.29 is 9.18 Å². The highest BCUT2D eigenvalue weighted by Crippen LogP contribution is 2.35. The summed E-state index contributed by atoms with van der Waals surface area (Å²) in [5, 5.41) is 5.43. The molecule has 31 heavy (non-hydrogen) atoms. The Morgan fingerprint density at radius 3 is 2.71 bits per heavy atom. The largest absolute Gasteiger partial charge is 0.377 e. The number of amides is 1. The van der Waals surface area contributed by atoms with Crippen LogP contribution in [0, 0.1) is 5.82 Å². The van der Waals surface area contributed by atoms with Gasteiger partial charge in [0.1, 0.15) is 5.82 Å². The summed E-state index contributed by atoms with van der Waals surface area (Å²) in [4.78, 5) is 20.6. The number of halogens is 1. The predicted molar refractivity (Wildman–Crippen MR) is 118 cm³/mol. The highest BCUT2D eigenvalue weighted by Gasteiger charge is 2.30. The quantitative estimate of drug-likeness (QED) is 0.506. The van der Waals surface area contributed by atoms with Gasteiger partial charge in [-0.15, -0.1) is 0 Å². The van der Waals surface area contributed by atoms with Gasteiger partial charge in [-0.05, 0) is 41.5 Å². The standard InChI is InChI=1S/C24H22FN5O/c1-28(2)23-11-15(16-6-4-8-21-18(16)12-29(3)27-21)10-20(25)19(23)13-30-14-22-17(24(30)31)7-5-9-26-22/h4-12H,13-14H2,1-3H3. The summed E-state index contributed by atoms with van der Waals surface area (Å²) < 4.78 is 17.2. The minimum Gasteiger partial charge on any atom is -0.377 e. The van der Waals surface area contributed by atoms with Crippen LogP contribution in [0.25, 0.3) is 22.0 Å². The van der Waals surface area contributed by atoms with E-state index < -0.39 is 0 Å². The number of fused-ring (bicyclic) bond motifs is 2. The van der Waals surface area contributed by atoms with Crippen molar-refractivity contribution >= 4 is 22.5 Å². The Bertz CT molecular complexity index is 1330. The fraction of sp³-hybridized carbons (Fsp3) is 0.208. The van der Waals surface area contributed by atoms with E-state index in [2.05, 4.69) is 10.1 Å². The lowest BCUT2D eigenvalue weighted by Gasteiger charge is -2.23. The molecule has 4 aromatic rings. The number of aromatic nitrogens is 3. The number of benzene rings is 2. The van der Waals surface area contributed by atoms with Crippen LogP contribution < -0.4 is 4.90 Å². The van der Waals surface area contributed by atoms with E-state index in [-0.39, 0.29) is 18.3 Å². The zero-order valence-corrected chi connectivity index (χ0v) is 17.6. The maximum absolute atomic E-state index is 15.5. The molecule has 0 bridgehead atoms. The molecule has 0 saturated carbocycles. The Morgan fingerprint density at radius 1 is 1.13 bits per heavy atom.